The maximum absolute atomic E-state index is 12.2. The molecule has 1 fully saturated rings. The van der Waals surface area contributed by atoms with Crippen molar-refractivity contribution in [1.29, 1.82) is 0 Å². The number of ether oxygens (including phenoxy) is 3. The number of pyridine rings is 1. The van der Waals surface area contributed by atoms with Crippen LogP contribution in [0.15, 0.2) is 34.0 Å². The van der Waals surface area contributed by atoms with Crippen molar-refractivity contribution in [2.45, 2.75) is 12.8 Å². The Kier molecular flexibility index (Phi) is 6.62. The van der Waals surface area contributed by atoms with Gasteiger partial charge in [-0.05, 0) is 18.6 Å². The summed E-state index contributed by atoms with van der Waals surface area (Å²) in [7, 11) is 1.44. The molecule has 0 atom stereocenters. The molecule has 3 heterocycles. The first-order valence-electron chi connectivity index (χ1n) is 9.90. The van der Waals surface area contributed by atoms with E-state index >= 15 is 0 Å². The van der Waals surface area contributed by atoms with E-state index in [-0.39, 0.29) is 39.0 Å². The lowest BCUT2D eigenvalue weighted by molar-refractivity contribution is -0.117. The van der Waals surface area contributed by atoms with Gasteiger partial charge in [0.25, 0.3) is 0 Å². The van der Waals surface area contributed by atoms with Gasteiger partial charge in [0, 0.05) is 19.0 Å². The van der Waals surface area contributed by atoms with E-state index in [1.807, 2.05) is 4.98 Å². The minimum absolute atomic E-state index is 0.0221. The summed E-state index contributed by atoms with van der Waals surface area (Å²) >= 11 is 12.7. The van der Waals surface area contributed by atoms with E-state index in [1.54, 1.807) is 11.0 Å². The van der Waals surface area contributed by atoms with Crippen LogP contribution in [-0.4, -0.2) is 45.4 Å². The van der Waals surface area contributed by atoms with E-state index in [4.69, 9.17) is 38.4 Å². The summed E-state index contributed by atoms with van der Waals surface area (Å²) in [5.41, 5.74) is 3.36. The van der Waals surface area contributed by atoms with Gasteiger partial charge in [-0.15, -0.1) is 5.10 Å². The highest BCUT2D eigenvalue weighted by molar-refractivity contribution is 6.37. The van der Waals surface area contributed by atoms with Crippen LogP contribution >= 0.6 is 23.2 Å². The molecule has 0 saturated carbocycles. The van der Waals surface area contributed by atoms with Crippen molar-refractivity contribution in [1.82, 2.24) is 19.7 Å². The number of aromatic amines is 1. The van der Waals surface area contributed by atoms with Gasteiger partial charge in [0.1, 0.15) is 11.4 Å². The standard InChI is InChI=1S/C20H16Cl2N6O7/c1-33-17-13(27-4-2-3-14(27)29)7-10(8-24-17)34-15-11(21)5-9(6-12(15)22)28-20(32)25-16(30)18(26-28)35-19(23)31/h5-8H,2-4H2,1H3,(H2,23,31)(H,25,30,32). The first-order chi connectivity index (χ1) is 16.7. The van der Waals surface area contributed by atoms with Crippen LogP contribution in [0.4, 0.5) is 10.5 Å². The monoisotopic (exact) mass is 522 g/mol. The molecular formula is C20H16Cl2N6O7. The lowest BCUT2D eigenvalue weighted by Gasteiger charge is -2.19. The first kappa shape index (κ1) is 24.0. The van der Waals surface area contributed by atoms with Crippen molar-refractivity contribution in [3.63, 3.8) is 0 Å². The van der Waals surface area contributed by atoms with E-state index in [0.29, 0.717) is 29.8 Å². The van der Waals surface area contributed by atoms with Crippen molar-refractivity contribution < 1.29 is 23.8 Å². The number of benzene rings is 1. The zero-order valence-corrected chi connectivity index (χ0v) is 19.4. The number of carbonyl (C=O) groups is 2. The number of methoxy groups -OCH3 is 1. The third-order valence-corrected chi connectivity index (χ3v) is 5.37. The van der Waals surface area contributed by atoms with Gasteiger partial charge in [0.05, 0.1) is 29.0 Å². The van der Waals surface area contributed by atoms with Crippen LogP contribution in [-0.2, 0) is 4.79 Å². The predicted molar refractivity (Wildman–Crippen MR) is 123 cm³/mol. The van der Waals surface area contributed by atoms with Gasteiger partial charge >= 0.3 is 23.2 Å². The lowest BCUT2D eigenvalue weighted by atomic mass is 10.3. The Labute approximate surface area is 205 Å². The van der Waals surface area contributed by atoms with Crippen molar-refractivity contribution in [2.75, 3.05) is 18.6 Å². The molecule has 0 unspecified atom stereocenters. The lowest BCUT2D eigenvalue weighted by Crippen LogP contribution is -2.34. The summed E-state index contributed by atoms with van der Waals surface area (Å²) in [4.78, 5) is 54.8. The van der Waals surface area contributed by atoms with E-state index in [9.17, 15) is 19.2 Å². The molecule has 0 aliphatic carbocycles. The fraction of sp³-hybridized carbons (Fsp3) is 0.200. The quantitative estimate of drug-likeness (QED) is 0.490. The van der Waals surface area contributed by atoms with Crippen molar-refractivity contribution in [3.05, 3.63) is 55.3 Å². The van der Waals surface area contributed by atoms with Crippen LogP contribution in [0.1, 0.15) is 12.8 Å². The van der Waals surface area contributed by atoms with Gasteiger partial charge in [-0.3, -0.25) is 14.6 Å². The van der Waals surface area contributed by atoms with Gasteiger partial charge in [-0.2, -0.15) is 4.68 Å². The molecule has 3 aromatic rings. The fourth-order valence-electron chi connectivity index (χ4n) is 3.34. The molecule has 0 radical (unpaired) electrons. The van der Waals surface area contributed by atoms with E-state index in [1.165, 1.54) is 25.4 Å². The Bertz CT molecular complexity index is 1430. The summed E-state index contributed by atoms with van der Waals surface area (Å²) in [6.45, 7) is 0.513. The predicted octanol–water partition coefficient (Wildman–Crippen LogP) is 2.01. The molecule has 4 rings (SSSR count). The highest BCUT2D eigenvalue weighted by atomic mass is 35.5. The van der Waals surface area contributed by atoms with Gasteiger partial charge in [0.15, 0.2) is 5.75 Å². The van der Waals surface area contributed by atoms with Crippen molar-refractivity contribution in [2.24, 2.45) is 5.73 Å². The topological polar surface area (TPSA) is 172 Å². The maximum atomic E-state index is 12.2. The number of rotatable bonds is 6. The highest BCUT2D eigenvalue weighted by Gasteiger charge is 2.26. The van der Waals surface area contributed by atoms with Crippen LogP contribution in [0, 0.1) is 0 Å². The molecule has 35 heavy (non-hydrogen) atoms. The maximum Gasteiger partial charge on any atom is 0.411 e. The zero-order chi connectivity index (χ0) is 25.3. The second kappa shape index (κ2) is 9.64. The molecule has 1 saturated heterocycles. The molecule has 2 amide bonds. The summed E-state index contributed by atoms with van der Waals surface area (Å²) in [6.07, 6.45) is 1.19. The van der Waals surface area contributed by atoms with Gasteiger partial charge in [-0.25, -0.2) is 14.6 Å². The van der Waals surface area contributed by atoms with Gasteiger partial charge in [-0.1, -0.05) is 23.2 Å². The highest BCUT2D eigenvalue weighted by Crippen LogP contribution is 2.40. The van der Waals surface area contributed by atoms with Crippen molar-refractivity contribution in [3.8, 4) is 28.9 Å². The van der Waals surface area contributed by atoms with E-state index in [2.05, 4.69) is 14.8 Å². The summed E-state index contributed by atoms with van der Waals surface area (Å²) in [5.74, 6) is -0.334. The molecule has 1 aromatic carbocycles. The number of carbonyl (C=O) groups excluding carboxylic acids is 2. The summed E-state index contributed by atoms with van der Waals surface area (Å²) in [6, 6.07) is 4.13. The number of primary amides is 1. The normalized spacial score (nSPS) is 13.1. The number of nitrogens with zero attached hydrogens (tertiary/aromatic N) is 4. The van der Waals surface area contributed by atoms with Gasteiger partial charge < -0.3 is 24.8 Å². The van der Waals surface area contributed by atoms with Gasteiger partial charge in [0.2, 0.25) is 11.8 Å². The average molecular weight is 523 g/mol. The average Bonchev–Trinajstić information content (AvgIpc) is 3.23. The molecule has 182 valence electrons. The number of nitrogens with two attached hydrogens (primary N) is 1. The molecule has 13 nitrogen and oxygen atoms in total. The Hall–Kier alpha value is -4.10. The van der Waals surface area contributed by atoms with Crippen LogP contribution in [0.5, 0.6) is 23.3 Å². The Morgan fingerprint density at radius 2 is 1.86 bits per heavy atom. The molecule has 0 spiro atoms. The fourth-order valence-corrected chi connectivity index (χ4v) is 3.89. The van der Waals surface area contributed by atoms with Crippen LogP contribution < -0.4 is 36.1 Å². The second-order valence-corrected chi connectivity index (χ2v) is 7.90. The van der Waals surface area contributed by atoms with E-state index < -0.39 is 23.2 Å². The number of nitrogens with one attached hydrogen (secondary N) is 1. The SMILES string of the molecule is COc1ncc(Oc2c(Cl)cc(-n3nc(OC(N)=O)c(=O)[nH]c3=O)cc2Cl)cc1N1CCCC1=O. The summed E-state index contributed by atoms with van der Waals surface area (Å²) in [5, 5.41) is 3.62. The largest absolute Gasteiger partial charge is 0.480 e. The minimum Gasteiger partial charge on any atom is -0.480 e. The number of aromatic nitrogens is 4. The number of anilines is 1. The smallest absolute Gasteiger partial charge is 0.411 e. The molecular weight excluding hydrogens is 507 g/mol. The number of halogens is 2. The second-order valence-electron chi connectivity index (χ2n) is 7.09. The number of amides is 2. The molecule has 2 aromatic heterocycles. The Morgan fingerprint density at radius 1 is 1.14 bits per heavy atom. The van der Waals surface area contributed by atoms with E-state index in [0.717, 1.165) is 0 Å². The number of hydrogen-bond acceptors (Lipinski definition) is 9. The minimum atomic E-state index is -1.30. The molecule has 1 aliphatic heterocycles. The zero-order valence-electron chi connectivity index (χ0n) is 17.9. The third-order valence-electron chi connectivity index (χ3n) is 4.81. The number of H-pyrrole nitrogens is 1. The Balaban J connectivity index is 1.69. The van der Waals surface area contributed by atoms with Crippen molar-refractivity contribution >= 4 is 40.9 Å². The Morgan fingerprint density at radius 3 is 2.46 bits per heavy atom. The molecule has 0 bridgehead atoms. The molecule has 3 N–H and O–H groups in total. The molecule has 1 aliphatic rings. The van der Waals surface area contributed by atoms with Crippen LogP contribution in [0.2, 0.25) is 10.0 Å². The van der Waals surface area contributed by atoms with Crippen LogP contribution in [0.25, 0.3) is 5.69 Å². The van der Waals surface area contributed by atoms with Crippen LogP contribution in [0.3, 0.4) is 0 Å². The molecule has 15 heteroatoms. The number of hydrogen-bond donors (Lipinski definition) is 2. The third kappa shape index (κ3) is 4.90. The first-order valence-corrected chi connectivity index (χ1v) is 10.7. The summed E-state index contributed by atoms with van der Waals surface area (Å²) < 4.78 is 16.3.